The van der Waals surface area contributed by atoms with Crippen molar-refractivity contribution in [3.8, 4) is 0 Å². The van der Waals surface area contributed by atoms with Gasteiger partial charge in [0.1, 0.15) is 0 Å². The first-order valence-corrected chi connectivity index (χ1v) is 9.71. The van der Waals surface area contributed by atoms with E-state index in [2.05, 4.69) is 26.2 Å². The van der Waals surface area contributed by atoms with Crippen LogP contribution in [0, 0.1) is 0 Å². The molecule has 1 N–H and O–H groups in total. The molecule has 0 spiro atoms. The second-order valence-electron chi connectivity index (χ2n) is 6.30. The summed E-state index contributed by atoms with van der Waals surface area (Å²) >= 11 is 3.52. The number of nitrogens with zero attached hydrogens (tertiary/aromatic N) is 2. The first kappa shape index (κ1) is 20.0. The molecule has 0 unspecified atom stereocenters. The molecule has 3 rings (SSSR count). The van der Waals surface area contributed by atoms with Gasteiger partial charge in [-0.05, 0) is 35.9 Å². The van der Waals surface area contributed by atoms with Crippen molar-refractivity contribution in [3.05, 3.63) is 88.7 Å². The number of hydrogen-bond donors (Lipinski definition) is 1. The van der Waals surface area contributed by atoms with Gasteiger partial charge in [-0.15, -0.1) is 0 Å². The standard InChI is InChI=1S/C22H22BrN3O2/c1-28-16-19-20(23)10-5-11-21(19)25-22(27)15-26(18-8-3-2-4-9-18)14-17-7-6-12-24-13-17/h2-13H,14-16H2,1H3,(H,25,27). The maximum atomic E-state index is 12.8. The lowest BCUT2D eigenvalue weighted by atomic mass is 10.2. The number of para-hydroxylation sites is 1. The van der Waals surface area contributed by atoms with Crippen molar-refractivity contribution >= 4 is 33.2 Å². The zero-order valence-electron chi connectivity index (χ0n) is 15.6. The van der Waals surface area contributed by atoms with Crippen LogP contribution in [0.3, 0.4) is 0 Å². The molecule has 6 heteroatoms. The van der Waals surface area contributed by atoms with Crippen molar-refractivity contribution in [1.29, 1.82) is 0 Å². The second-order valence-corrected chi connectivity index (χ2v) is 7.15. The van der Waals surface area contributed by atoms with Crippen LogP contribution in [-0.4, -0.2) is 24.5 Å². The molecule has 5 nitrogen and oxygen atoms in total. The largest absolute Gasteiger partial charge is 0.380 e. The van der Waals surface area contributed by atoms with Gasteiger partial charge in [-0.1, -0.05) is 46.3 Å². The topological polar surface area (TPSA) is 54.5 Å². The Morgan fingerprint density at radius 3 is 2.64 bits per heavy atom. The van der Waals surface area contributed by atoms with Crippen LogP contribution in [-0.2, 0) is 22.7 Å². The van der Waals surface area contributed by atoms with Gasteiger partial charge in [0, 0.05) is 47.5 Å². The van der Waals surface area contributed by atoms with Crippen molar-refractivity contribution < 1.29 is 9.53 Å². The van der Waals surface area contributed by atoms with Crippen LogP contribution in [0.2, 0.25) is 0 Å². The van der Waals surface area contributed by atoms with E-state index in [4.69, 9.17) is 4.74 Å². The predicted molar refractivity (Wildman–Crippen MR) is 115 cm³/mol. The molecule has 0 aliphatic heterocycles. The van der Waals surface area contributed by atoms with Crippen LogP contribution in [0.1, 0.15) is 11.1 Å². The van der Waals surface area contributed by atoms with E-state index in [1.54, 1.807) is 13.3 Å². The number of anilines is 2. The van der Waals surface area contributed by atoms with E-state index >= 15 is 0 Å². The van der Waals surface area contributed by atoms with Crippen molar-refractivity contribution in [3.63, 3.8) is 0 Å². The summed E-state index contributed by atoms with van der Waals surface area (Å²) in [7, 11) is 1.63. The Bertz CT molecular complexity index is 904. The van der Waals surface area contributed by atoms with Crippen LogP contribution in [0.25, 0.3) is 0 Å². The number of methoxy groups -OCH3 is 1. The number of benzene rings is 2. The van der Waals surface area contributed by atoms with Gasteiger partial charge in [0.15, 0.2) is 0 Å². The summed E-state index contributed by atoms with van der Waals surface area (Å²) in [6, 6.07) is 19.5. The van der Waals surface area contributed by atoms with E-state index < -0.39 is 0 Å². The Hall–Kier alpha value is -2.70. The lowest BCUT2D eigenvalue weighted by Gasteiger charge is -2.24. The smallest absolute Gasteiger partial charge is 0.243 e. The van der Waals surface area contributed by atoms with Crippen LogP contribution in [0.4, 0.5) is 11.4 Å². The van der Waals surface area contributed by atoms with Gasteiger partial charge >= 0.3 is 0 Å². The number of rotatable bonds is 8. The molecule has 0 radical (unpaired) electrons. The molecular formula is C22H22BrN3O2. The minimum atomic E-state index is -0.0943. The third-order valence-electron chi connectivity index (χ3n) is 4.23. The molecule has 3 aromatic rings. The van der Waals surface area contributed by atoms with E-state index in [1.807, 2.05) is 71.8 Å². The molecule has 0 bridgehead atoms. The van der Waals surface area contributed by atoms with Gasteiger partial charge in [0.2, 0.25) is 5.91 Å². The van der Waals surface area contributed by atoms with Crippen LogP contribution < -0.4 is 10.2 Å². The summed E-state index contributed by atoms with van der Waals surface area (Å²) in [5.41, 5.74) is 3.68. The van der Waals surface area contributed by atoms with Gasteiger partial charge in [0.05, 0.1) is 13.2 Å². The first-order chi connectivity index (χ1) is 13.7. The fraction of sp³-hybridized carbons (Fsp3) is 0.182. The molecule has 2 aromatic carbocycles. The SMILES string of the molecule is COCc1c(Br)cccc1NC(=O)CN(Cc1cccnc1)c1ccccc1. The summed E-state index contributed by atoms with van der Waals surface area (Å²) in [5, 5.41) is 3.02. The zero-order chi connectivity index (χ0) is 19.8. The highest BCUT2D eigenvalue weighted by atomic mass is 79.9. The average Bonchev–Trinajstić information content (AvgIpc) is 2.71. The van der Waals surface area contributed by atoms with Crippen molar-refractivity contribution in [2.45, 2.75) is 13.2 Å². The zero-order valence-corrected chi connectivity index (χ0v) is 17.2. The van der Waals surface area contributed by atoms with Crippen molar-refractivity contribution in [2.75, 3.05) is 23.9 Å². The Labute approximate surface area is 173 Å². The van der Waals surface area contributed by atoms with E-state index in [1.165, 1.54) is 0 Å². The lowest BCUT2D eigenvalue weighted by molar-refractivity contribution is -0.115. The molecule has 1 aromatic heterocycles. The number of aromatic nitrogens is 1. The summed E-state index contributed by atoms with van der Waals surface area (Å²) in [6.45, 7) is 1.22. The minimum Gasteiger partial charge on any atom is -0.380 e. The Morgan fingerprint density at radius 1 is 1.11 bits per heavy atom. The highest BCUT2D eigenvalue weighted by molar-refractivity contribution is 9.10. The third kappa shape index (κ3) is 5.41. The molecule has 0 saturated carbocycles. The number of carbonyl (C=O) groups is 1. The van der Waals surface area contributed by atoms with Crippen LogP contribution >= 0.6 is 15.9 Å². The molecule has 144 valence electrons. The fourth-order valence-electron chi connectivity index (χ4n) is 2.92. The Morgan fingerprint density at radius 2 is 1.93 bits per heavy atom. The highest BCUT2D eigenvalue weighted by Crippen LogP contribution is 2.26. The fourth-order valence-corrected chi connectivity index (χ4v) is 3.40. The molecule has 1 amide bonds. The highest BCUT2D eigenvalue weighted by Gasteiger charge is 2.15. The Kier molecular flexibility index (Phi) is 7.17. The van der Waals surface area contributed by atoms with Crippen LogP contribution in [0.15, 0.2) is 77.5 Å². The molecule has 1 heterocycles. The van der Waals surface area contributed by atoms with Crippen molar-refractivity contribution in [2.24, 2.45) is 0 Å². The monoisotopic (exact) mass is 439 g/mol. The minimum absolute atomic E-state index is 0.0943. The number of hydrogen-bond acceptors (Lipinski definition) is 4. The second kappa shape index (κ2) is 10.0. The lowest BCUT2D eigenvalue weighted by Crippen LogP contribution is -2.33. The van der Waals surface area contributed by atoms with Gasteiger partial charge in [-0.25, -0.2) is 0 Å². The number of pyridine rings is 1. The Balaban J connectivity index is 1.77. The summed E-state index contributed by atoms with van der Waals surface area (Å²) in [5.74, 6) is -0.0943. The van der Waals surface area contributed by atoms with E-state index in [0.717, 1.165) is 27.0 Å². The number of ether oxygens (including phenoxy) is 1. The third-order valence-corrected chi connectivity index (χ3v) is 4.98. The predicted octanol–water partition coefficient (Wildman–Crippen LogP) is 4.64. The normalized spacial score (nSPS) is 10.5. The average molecular weight is 440 g/mol. The molecule has 0 aliphatic carbocycles. The van der Waals surface area contributed by atoms with Crippen LogP contribution in [0.5, 0.6) is 0 Å². The van der Waals surface area contributed by atoms with E-state index in [0.29, 0.717) is 13.2 Å². The van der Waals surface area contributed by atoms with Gasteiger partial charge < -0.3 is 15.0 Å². The molecular weight excluding hydrogens is 418 g/mol. The molecule has 0 atom stereocenters. The maximum absolute atomic E-state index is 12.8. The number of nitrogens with one attached hydrogen (secondary N) is 1. The van der Waals surface area contributed by atoms with E-state index in [9.17, 15) is 4.79 Å². The summed E-state index contributed by atoms with van der Waals surface area (Å²) < 4.78 is 6.17. The van der Waals surface area contributed by atoms with Gasteiger partial charge in [-0.3, -0.25) is 9.78 Å². The summed E-state index contributed by atoms with van der Waals surface area (Å²) in [6.07, 6.45) is 3.56. The molecule has 0 aliphatic rings. The van der Waals surface area contributed by atoms with E-state index in [-0.39, 0.29) is 12.5 Å². The van der Waals surface area contributed by atoms with Crippen molar-refractivity contribution in [1.82, 2.24) is 4.98 Å². The number of amides is 1. The summed E-state index contributed by atoms with van der Waals surface area (Å²) in [4.78, 5) is 19.0. The molecule has 28 heavy (non-hydrogen) atoms. The molecule has 0 saturated heterocycles. The van der Waals surface area contributed by atoms with Gasteiger partial charge in [0.25, 0.3) is 0 Å². The maximum Gasteiger partial charge on any atom is 0.243 e. The number of halogens is 1. The molecule has 0 fully saturated rings. The quantitative estimate of drug-likeness (QED) is 0.555. The first-order valence-electron chi connectivity index (χ1n) is 8.92. The van der Waals surface area contributed by atoms with Gasteiger partial charge in [-0.2, -0.15) is 0 Å². The number of carbonyl (C=O) groups excluding carboxylic acids is 1.